The Balaban J connectivity index is 0.000000431. The number of aliphatic hydroxyl groups is 3. The highest BCUT2D eigenvalue weighted by atomic mass is 79.9. The second-order valence-corrected chi connectivity index (χ2v) is 6.60. The number of benzene rings is 1. The zero-order chi connectivity index (χ0) is 19.5. The van der Waals surface area contributed by atoms with Crippen LogP contribution in [0.3, 0.4) is 0 Å². The van der Waals surface area contributed by atoms with Crippen molar-refractivity contribution in [2.75, 3.05) is 6.61 Å². The lowest BCUT2D eigenvalue weighted by Gasteiger charge is -2.33. The summed E-state index contributed by atoms with van der Waals surface area (Å²) in [6, 6.07) is 7.93. The molecule has 0 amide bonds. The second-order valence-electron chi connectivity index (χ2n) is 5.74. The maximum Gasteiger partial charge on any atom is 0.673 e. The minimum absolute atomic E-state index is 0.271. The van der Waals surface area contributed by atoms with Crippen LogP contribution in [0.1, 0.15) is 12.6 Å². The number of aromatic nitrogens is 1. The van der Waals surface area contributed by atoms with Gasteiger partial charge in [0.25, 0.3) is 6.23 Å². The van der Waals surface area contributed by atoms with Gasteiger partial charge in [-0.25, -0.2) is 0 Å². The highest BCUT2D eigenvalue weighted by molar-refractivity contribution is 9.10. The molecule has 1 saturated heterocycles. The van der Waals surface area contributed by atoms with Crippen molar-refractivity contribution in [1.29, 1.82) is 0 Å². The van der Waals surface area contributed by atoms with E-state index in [0.29, 0.717) is 0 Å². The van der Waals surface area contributed by atoms with Crippen molar-refractivity contribution in [3.63, 3.8) is 0 Å². The Kier molecular flexibility index (Phi) is 6.97. The number of rotatable bonds is 2. The number of ether oxygens (including phenoxy) is 1. The van der Waals surface area contributed by atoms with E-state index in [1.807, 2.05) is 41.2 Å². The summed E-state index contributed by atoms with van der Waals surface area (Å²) in [6.45, 7) is -0.329. The van der Waals surface area contributed by atoms with Crippen molar-refractivity contribution in [1.82, 2.24) is 0 Å². The predicted molar refractivity (Wildman–Crippen MR) is 89.7 cm³/mol. The second kappa shape index (κ2) is 8.62. The van der Waals surface area contributed by atoms with Crippen molar-refractivity contribution >= 4 is 34.0 Å². The van der Waals surface area contributed by atoms with E-state index in [4.69, 9.17) is 4.74 Å². The highest BCUT2D eigenvalue weighted by Gasteiger charge is 2.40. The largest absolute Gasteiger partial charge is 0.673 e. The van der Waals surface area contributed by atoms with Crippen LogP contribution in [0.5, 0.6) is 0 Å². The number of pyridine rings is 1. The Morgan fingerprint density at radius 2 is 1.77 bits per heavy atom. The van der Waals surface area contributed by atoms with Gasteiger partial charge in [0.15, 0.2) is 12.4 Å². The van der Waals surface area contributed by atoms with E-state index >= 15 is 0 Å². The van der Waals surface area contributed by atoms with Crippen LogP contribution in [-0.2, 0) is 4.74 Å². The predicted octanol–water partition coefficient (Wildman–Crippen LogP) is 2.19. The molecule has 4 atom stereocenters. The normalized spacial score (nSPS) is 26.3. The first-order valence-corrected chi connectivity index (χ1v) is 8.48. The molecule has 1 fully saturated rings. The lowest BCUT2D eigenvalue weighted by atomic mass is 10.0. The molecule has 144 valence electrons. The van der Waals surface area contributed by atoms with E-state index < -0.39 is 31.8 Å². The summed E-state index contributed by atoms with van der Waals surface area (Å²) in [4.78, 5) is 0. The topological polar surface area (TPSA) is 73.8 Å². The van der Waals surface area contributed by atoms with Crippen molar-refractivity contribution in [2.24, 2.45) is 0 Å². The Labute approximate surface area is 155 Å². The minimum atomic E-state index is -6.00. The lowest BCUT2D eigenvalue weighted by molar-refractivity contribution is -0.769. The smallest absolute Gasteiger partial charge is 0.418 e. The number of aliphatic hydroxyl groups excluding tert-OH is 3. The van der Waals surface area contributed by atoms with Crippen LogP contribution >= 0.6 is 15.9 Å². The summed E-state index contributed by atoms with van der Waals surface area (Å²) in [7, 11) is -6.00. The number of hydrogen-bond donors (Lipinski definition) is 3. The van der Waals surface area contributed by atoms with E-state index in [2.05, 4.69) is 15.9 Å². The zero-order valence-electron chi connectivity index (χ0n) is 13.4. The van der Waals surface area contributed by atoms with Crippen molar-refractivity contribution in [3.05, 3.63) is 41.1 Å². The fourth-order valence-corrected chi connectivity index (χ4v) is 3.26. The molecule has 0 spiro atoms. The quantitative estimate of drug-likeness (QED) is 0.379. The van der Waals surface area contributed by atoms with E-state index in [9.17, 15) is 32.6 Å². The molecule has 26 heavy (non-hydrogen) atoms. The van der Waals surface area contributed by atoms with Gasteiger partial charge in [0.1, 0.15) is 12.2 Å². The maximum absolute atomic E-state index is 9.93. The first kappa shape index (κ1) is 21.0. The molecule has 1 aliphatic heterocycles. The molecule has 1 aromatic heterocycles. The summed E-state index contributed by atoms with van der Waals surface area (Å²) in [5, 5.41) is 31.1. The maximum atomic E-state index is 9.93. The molecule has 2 aromatic rings. The number of fused-ring (bicyclic) bond motifs is 1. The molecule has 0 bridgehead atoms. The van der Waals surface area contributed by atoms with E-state index in [1.165, 1.54) is 0 Å². The third-order valence-corrected chi connectivity index (χ3v) is 4.46. The van der Waals surface area contributed by atoms with Crippen molar-refractivity contribution in [3.8, 4) is 0 Å². The number of nitrogens with zero attached hydrogens (tertiary/aromatic N) is 1. The fourth-order valence-electron chi connectivity index (χ4n) is 2.67. The van der Waals surface area contributed by atoms with Gasteiger partial charge in [-0.3, -0.25) is 0 Å². The molecular weight excluding hydrogens is 425 g/mol. The van der Waals surface area contributed by atoms with Crippen LogP contribution in [0.15, 0.2) is 41.1 Å². The molecule has 3 rings (SSSR count). The molecule has 0 saturated carbocycles. The summed E-state index contributed by atoms with van der Waals surface area (Å²) in [6.07, 6.45) is 0.898. The van der Waals surface area contributed by atoms with E-state index in [-0.39, 0.29) is 13.0 Å². The molecule has 1 aliphatic rings. The van der Waals surface area contributed by atoms with Crippen LogP contribution in [0.4, 0.5) is 17.3 Å². The molecule has 2 heterocycles. The van der Waals surface area contributed by atoms with Crippen LogP contribution in [0.2, 0.25) is 0 Å². The van der Waals surface area contributed by atoms with Crippen molar-refractivity contribution in [2.45, 2.75) is 31.0 Å². The Hall–Kier alpha value is -1.27. The monoisotopic (exact) mass is 441 g/mol. The number of halogens is 5. The van der Waals surface area contributed by atoms with Crippen LogP contribution in [-0.4, -0.2) is 47.5 Å². The van der Waals surface area contributed by atoms with Crippen LogP contribution in [0.25, 0.3) is 10.8 Å². The Morgan fingerprint density at radius 1 is 1.15 bits per heavy atom. The molecule has 5 nitrogen and oxygen atoms in total. The fraction of sp³-hybridized carbons (Fsp3) is 0.400. The van der Waals surface area contributed by atoms with Gasteiger partial charge in [0, 0.05) is 10.8 Å². The van der Waals surface area contributed by atoms with Gasteiger partial charge in [-0.1, -0.05) is 18.2 Å². The third kappa shape index (κ3) is 5.62. The van der Waals surface area contributed by atoms with Gasteiger partial charge in [-0.15, -0.1) is 0 Å². The lowest BCUT2D eigenvalue weighted by Crippen LogP contribution is -2.54. The molecule has 3 N–H and O–H groups in total. The molecule has 0 radical (unpaired) electrons. The molecule has 0 aliphatic carbocycles. The minimum Gasteiger partial charge on any atom is -0.418 e. The van der Waals surface area contributed by atoms with E-state index in [1.54, 1.807) is 0 Å². The summed E-state index contributed by atoms with van der Waals surface area (Å²) in [5.74, 6) is 0. The zero-order valence-corrected chi connectivity index (χ0v) is 14.9. The Bertz CT molecular complexity index is 745. The molecule has 1 aromatic carbocycles. The van der Waals surface area contributed by atoms with Gasteiger partial charge in [-0.05, 0) is 22.0 Å². The number of hydrogen-bond acceptors (Lipinski definition) is 4. The van der Waals surface area contributed by atoms with Gasteiger partial charge in [0.05, 0.1) is 23.6 Å². The summed E-state index contributed by atoms with van der Waals surface area (Å²) >= 11 is 3.54. The standard InChI is InChI=1S/C15H17BrNO4.BF4/c16-11-7-17(6-9-3-1-2-4-10(9)11)14-5-12(19)15(20)13(8-18)21-14;2-1(3,4)5/h1-4,6-7,12-15,18-20H,5,8H2;/q+1;-1/t12-,13-,14-,15+;/m1./s1. The summed E-state index contributed by atoms with van der Waals surface area (Å²) in [5.41, 5.74) is 0. The van der Waals surface area contributed by atoms with Crippen LogP contribution in [0, 0.1) is 0 Å². The van der Waals surface area contributed by atoms with Crippen LogP contribution < -0.4 is 4.57 Å². The Morgan fingerprint density at radius 3 is 2.38 bits per heavy atom. The molecule has 0 unspecified atom stereocenters. The first-order valence-electron chi connectivity index (χ1n) is 7.69. The van der Waals surface area contributed by atoms with Gasteiger partial charge in [-0.2, -0.15) is 4.57 Å². The third-order valence-electron chi connectivity index (χ3n) is 3.83. The average molecular weight is 442 g/mol. The molecule has 11 heteroatoms. The molecular formula is C15H17BBrF4NO4. The average Bonchev–Trinajstić information content (AvgIpc) is 2.55. The van der Waals surface area contributed by atoms with E-state index in [0.717, 1.165) is 15.2 Å². The SMILES string of the molecule is F[B-](F)(F)F.OC[C@H]1O[C@@H]([n+]2cc(Br)c3ccccc3c2)C[C@@H](O)[C@@H]1O. The van der Waals surface area contributed by atoms with Gasteiger partial charge in [0.2, 0.25) is 0 Å². The summed E-state index contributed by atoms with van der Waals surface area (Å²) < 4.78 is 47.5. The van der Waals surface area contributed by atoms with Gasteiger partial charge >= 0.3 is 7.25 Å². The highest BCUT2D eigenvalue weighted by Crippen LogP contribution is 2.27. The van der Waals surface area contributed by atoms with Gasteiger partial charge < -0.3 is 37.3 Å². The van der Waals surface area contributed by atoms with Crippen molar-refractivity contribution < 1.29 is 41.9 Å². The first-order chi connectivity index (χ1) is 12.1.